The quantitative estimate of drug-likeness (QED) is 0.817. The van der Waals surface area contributed by atoms with Crippen molar-refractivity contribution in [3.63, 3.8) is 0 Å². The van der Waals surface area contributed by atoms with Crippen LogP contribution >= 0.6 is 11.3 Å². The monoisotopic (exact) mass is 322 g/mol. The number of carbonyl (C=O) groups excluding carboxylic acids is 1. The van der Waals surface area contributed by atoms with Crippen molar-refractivity contribution in [3.8, 4) is 11.5 Å². The molecule has 0 radical (unpaired) electrons. The standard InChI is InChI=1S/C15H18N2O4S/c1-3-4-11(15(19)20)16-13(18)7-12-9(2)21-14(17-12)10-5-6-22-8-10/h5-6,8,11H,3-4,7H2,1-2H3,(H,16,18)(H,19,20). The van der Waals surface area contributed by atoms with Crippen molar-refractivity contribution in [2.24, 2.45) is 0 Å². The largest absolute Gasteiger partial charge is 0.480 e. The smallest absolute Gasteiger partial charge is 0.326 e. The number of carboxylic acid groups (broad SMARTS) is 1. The van der Waals surface area contributed by atoms with Crippen molar-refractivity contribution < 1.29 is 19.1 Å². The molecule has 1 amide bonds. The number of carboxylic acids is 1. The Hall–Kier alpha value is -2.15. The number of carbonyl (C=O) groups is 2. The van der Waals surface area contributed by atoms with Crippen LogP contribution in [0.5, 0.6) is 0 Å². The van der Waals surface area contributed by atoms with E-state index in [4.69, 9.17) is 9.52 Å². The maximum Gasteiger partial charge on any atom is 0.326 e. The summed E-state index contributed by atoms with van der Waals surface area (Å²) >= 11 is 1.54. The Morgan fingerprint density at radius 1 is 1.50 bits per heavy atom. The molecule has 0 bridgehead atoms. The van der Waals surface area contributed by atoms with E-state index < -0.39 is 12.0 Å². The zero-order chi connectivity index (χ0) is 16.1. The third-order valence-electron chi connectivity index (χ3n) is 3.20. The molecule has 2 heterocycles. The molecule has 0 saturated carbocycles. The lowest BCUT2D eigenvalue weighted by atomic mass is 10.1. The second-order valence-corrected chi connectivity index (χ2v) is 5.74. The SMILES string of the molecule is CCCC(NC(=O)Cc1nc(-c2ccsc2)oc1C)C(=O)O. The molecule has 2 N–H and O–H groups in total. The summed E-state index contributed by atoms with van der Waals surface area (Å²) < 4.78 is 5.56. The molecule has 0 aliphatic carbocycles. The van der Waals surface area contributed by atoms with Crippen molar-refractivity contribution in [1.82, 2.24) is 10.3 Å². The molecule has 118 valence electrons. The average Bonchev–Trinajstić information content (AvgIpc) is 3.08. The number of hydrogen-bond donors (Lipinski definition) is 2. The number of oxazole rings is 1. The van der Waals surface area contributed by atoms with Crippen molar-refractivity contribution in [2.45, 2.75) is 39.2 Å². The van der Waals surface area contributed by atoms with Gasteiger partial charge in [-0.05, 0) is 24.8 Å². The highest BCUT2D eigenvalue weighted by Crippen LogP contribution is 2.24. The first-order chi connectivity index (χ1) is 10.5. The third kappa shape index (κ3) is 3.94. The lowest BCUT2D eigenvalue weighted by molar-refractivity contribution is -0.141. The Morgan fingerprint density at radius 3 is 2.86 bits per heavy atom. The Labute approximate surface area is 132 Å². The summed E-state index contributed by atoms with van der Waals surface area (Å²) in [5.74, 6) is -0.344. The summed E-state index contributed by atoms with van der Waals surface area (Å²) in [5, 5.41) is 15.4. The first-order valence-corrected chi connectivity index (χ1v) is 7.96. The van der Waals surface area contributed by atoms with E-state index in [1.165, 1.54) is 11.3 Å². The topological polar surface area (TPSA) is 92.4 Å². The van der Waals surface area contributed by atoms with Crippen LogP contribution in [-0.4, -0.2) is 28.0 Å². The number of hydrogen-bond acceptors (Lipinski definition) is 5. The molecule has 0 spiro atoms. The first-order valence-electron chi connectivity index (χ1n) is 7.02. The molecule has 7 heteroatoms. The molecule has 0 aliphatic rings. The van der Waals surface area contributed by atoms with Gasteiger partial charge < -0.3 is 14.8 Å². The van der Waals surface area contributed by atoms with Gasteiger partial charge in [0.05, 0.1) is 12.1 Å². The molecule has 0 aliphatic heterocycles. The molecule has 1 unspecified atom stereocenters. The second kappa shape index (κ2) is 7.22. The van der Waals surface area contributed by atoms with Gasteiger partial charge in [0, 0.05) is 10.9 Å². The van der Waals surface area contributed by atoms with Gasteiger partial charge >= 0.3 is 5.97 Å². The molecular weight excluding hydrogens is 304 g/mol. The number of amides is 1. The molecule has 0 fully saturated rings. The lowest BCUT2D eigenvalue weighted by Gasteiger charge is -2.12. The van der Waals surface area contributed by atoms with Gasteiger partial charge in [0.1, 0.15) is 11.8 Å². The Morgan fingerprint density at radius 2 is 2.27 bits per heavy atom. The summed E-state index contributed by atoms with van der Waals surface area (Å²) in [7, 11) is 0. The van der Waals surface area contributed by atoms with Crippen LogP contribution in [0.15, 0.2) is 21.2 Å². The van der Waals surface area contributed by atoms with Gasteiger partial charge in [0.25, 0.3) is 0 Å². The minimum absolute atomic E-state index is 0.00691. The van der Waals surface area contributed by atoms with Crippen LogP contribution in [0.2, 0.25) is 0 Å². The number of nitrogens with one attached hydrogen (secondary N) is 1. The summed E-state index contributed by atoms with van der Waals surface area (Å²) in [6.07, 6.45) is 1.09. The molecule has 22 heavy (non-hydrogen) atoms. The van der Waals surface area contributed by atoms with E-state index in [-0.39, 0.29) is 12.3 Å². The fraction of sp³-hybridized carbons (Fsp3) is 0.400. The molecule has 2 rings (SSSR count). The zero-order valence-electron chi connectivity index (χ0n) is 12.5. The van der Waals surface area contributed by atoms with E-state index in [9.17, 15) is 9.59 Å². The number of nitrogens with zero attached hydrogens (tertiary/aromatic N) is 1. The maximum absolute atomic E-state index is 12.0. The van der Waals surface area contributed by atoms with Gasteiger partial charge in [0.2, 0.25) is 11.8 Å². The van der Waals surface area contributed by atoms with Crippen LogP contribution in [-0.2, 0) is 16.0 Å². The predicted octanol–water partition coefficient (Wildman–Crippen LogP) is 2.62. The summed E-state index contributed by atoms with van der Waals surface area (Å²) in [5.41, 5.74) is 1.40. The minimum atomic E-state index is -1.02. The van der Waals surface area contributed by atoms with E-state index >= 15 is 0 Å². The van der Waals surface area contributed by atoms with Crippen LogP contribution < -0.4 is 5.32 Å². The van der Waals surface area contributed by atoms with Crippen molar-refractivity contribution in [3.05, 3.63) is 28.3 Å². The highest BCUT2D eigenvalue weighted by molar-refractivity contribution is 7.08. The number of aliphatic carboxylic acids is 1. The van der Waals surface area contributed by atoms with Crippen molar-refractivity contribution >= 4 is 23.2 Å². The van der Waals surface area contributed by atoms with Crippen molar-refractivity contribution in [1.29, 1.82) is 0 Å². The van der Waals surface area contributed by atoms with E-state index in [0.717, 1.165) is 5.56 Å². The molecule has 0 aromatic carbocycles. The molecular formula is C15H18N2O4S. The molecule has 6 nitrogen and oxygen atoms in total. The van der Waals surface area contributed by atoms with E-state index in [1.807, 2.05) is 23.8 Å². The molecule has 2 aromatic heterocycles. The second-order valence-electron chi connectivity index (χ2n) is 4.96. The van der Waals surface area contributed by atoms with Gasteiger partial charge in [-0.15, -0.1) is 0 Å². The predicted molar refractivity (Wildman–Crippen MR) is 82.7 cm³/mol. The molecule has 0 saturated heterocycles. The number of thiophene rings is 1. The Bertz CT molecular complexity index is 649. The average molecular weight is 322 g/mol. The van der Waals surface area contributed by atoms with Gasteiger partial charge in [-0.1, -0.05) is 13.3 Å². The molecule has 1 atom stereocenters. The fourth-order valence-corrected chi connectivity index (χ4v) is 2.67. The summed E-state index contributed by atoms with van der Waals surface area (Å²) in [4.78, 5) is 27.4. The van der Waals surface area contributed by atoms with Gasteiger partial charge in [0.15, 0.2) is 0 Å². The number of aryl methyl sites for hydroxylation is 1. The number of aromatic nitrogens is 1. The lowest BCUT2D eigenvalue weighted by Crippen LogP contribution is -2.41. The van der Waals surface area contributed by atoms with Crippen molar-refractivity contribution in [2.75, 3.05) is 0 Å². The van der Waals surface area contributed by atoms with Crippen LogP contribution in [0.4, 0.5) is 0 Å². The van der Waals surface area contributed by atoms with Gasteiger partial charge in [-0.3, -0.25) is 4.79 Å². The third-order valence-corrected chi connectivity index (χ3v) is 3.88. The van der Waals surface area contributed by atoms with Crippen LogP contribution in [0.25, 0.3) is 11.5 Å². The highest BCUT2D eigenvalue weighted by Gasteiger charge is 2.21. The highest BCUT2D eigenvalue weighted by atomic mass is 32.1. The Balaban J connectivity index is 2.04. The van der Waals surface area contributed by atoms with E-state index in [0.29, 0.717) is 30.2 Å². The minimum Gasteiger partial charge on any atom is -0.480 e. The van der Waals surface area contributed by atoms with Gasteiger partial charge in [-0.2, -0.15) is 11.3 Å². The summed E-state index contributed by atoms with van der Waals surface area (Å²) in [6.45, 7) is 3.61. The fourth-order valence-electron chi connectivity index (χ4n) is 2.05. The first kappa shape index (κ1) is 16.2. The van der Waals surface area contributed by atoms with Crippen LogP contribution in [0.3, 0.4) is 0 Å². The van der Waals surface area contributed by atoms with Gasteiger partial charge in [-0.25, -0.2) is 9.78 Å². The molecule has 2 aromatic rings. The van der Waals surface area contributed by atoms with E-state index in [2.05, 4.69) is 10.3 Å². The maximum atomic E-state index is 12.0. The van der Waals surface area contributed by atoms with Crippen LogP contribution in [0, 0.1) is 6.92 Å². The zero-order valence-corrected chi connectivity index (χ0v) is 13.3. The van der Waals surface area contributed by atoms with Crippen LogP contribution in [0.1, 0.15) is 31.2 Å². The number of rotatable bonds is 7. The normalized spacial score (nSPS) is 12.1. The summed E-state index contributed by atoms with van der Waals surface area (Å²) in [6, 6.07) is 1.03. The Kier molecular flexibility index (Phi) is 5.32. The van der Waals surface area contributed by atoms with E-state index in [1.54, 1.807) is 6.92 Å².